The fraction of sp³-hybridized carbons (Fsp3) is 0.273. The summed E-state index contributed by atoms with van der Waals surface area (Å²) in [6.07, 6.45) is 0.290. The highest BCUT2D eigenvalue weighted by Gasteiger charge is 2.38. The Bertz CT molecular complexity index is 993. The third-order valence-corrected chi connectivity index (χ3v) is 5.06. The first kappa shape index (κ1) is 22.1. The molecule has 3 N–H and O–H groups in total. The van der Waals surface area contributed by atoms with Gasteiger partial charge in [-0.3, -0.25) is 19.2 Å². The topological polar surface area (TPSA) is 110 Å². The largest absolute Gasteiger partial charge is 0.363 e. The number of Topliss-reactive ketones (excluding diaryl/α,β-unsaturated/α-hetero) is 1. The van der Waals surface area contributed by atoms with Crippen LogP contribution in [0.2, 0.25) is 0 Å². The Kier molecular flexibility index (Phi) is 6.74. The van der Waals surface area contributed by atoms with Crippen molar-refractivity contribution in [1.82, 2.24) is 10.2 Å². The molecule has 1 aliphatic heterocycles. The minimum atomic E-state index is -1.20. The van der Waals surface area contributed by atoms with Crippen molar-refractivity contribution < 1.29 is 28.0 Å². The Morgan fingerprint density at radius 2 is 1.71 bits per heavy atom. The average molecular weight is 429 g/mol. The molecule has 2 atom stereocenters. The van der Waals surface area contributed by atoms with Gasteiger partial charge < -0.3 is 16.0 Å². The maximum atomic E-state index is 13.5. The van der Waals surface area contributed by atoms with Gasteiger partial charge in [0, 0.05) is 25.5 Å². The van der Waals surface area contributed by atoms with Gasteiger partial charge in [0.2, 0.25) is 17.6 Å². The molecule has 1 unspecified atom stereocenters. The number of rotatable bonds is 8. The van der Waals surface area contributed by atoms with E-state index in [0.29, 0.717) is 11.6 Å². The first-order chi connectivity index (χ1) is 14.7. The molecule has 7 nitrogen and oxygen atoms in total. The zero-order valence-corrected chi connectivity index (χ0v) is 16.5. The second kappa shape index (κ2) is 9.46. The molecule has 1 fully saturated rings. The van der Waals surface area contributed by atoms with Gasteiger partial charge in [-0.05, 0) is 29.7 Å². The van der Waals surface area contributed by atoms with Gasteiger partial charge in [-0.1, -0.05) is 30.3 Å². The molecule has 31 heavy (non-hydrogen) atoms. The van der Waals surface area contributed by atoms with Gasteiger partial charge in [-0.2, -0.15) is 0 Å². The molecule has 0 saturated carbocycles. The van der Waals surface area contributed by atoms with Gasteiger partial charge in [0.25, 0.3) is 5.91 Å². The number of hydrogen-bond acceptors (Lipinski definition) is 4. The maximum absolute atomic E-state index is 13.5. The van der Waals surface area contributed by atoms with E-state index in [-0.39, 0.29) is 37.3 Å². The SMILES string of the molecule is NC(=O)C(=O)[C@@H](Cc1ccccc1)NC(=O)C1CCC(=O)N1Cc1cc(F)cc(F)c1. The number of halogens is 2. The third kappa shape index (κ3) is 5.50. The summed E-state index contributed by atoms with van der Waals surface area (Å²) < 4.78 is 27.0. The highest BCUT2D eigenvalue weighted by atomic mass is 19.1. The first-order valence-electron chi connectivity index (χ1n) is 9.67. The van der Waals surface area contributed by atoms with Crippen molar-refractivity contribution >= 4 is 23.5 Å². The Labute approximate surface area is 177 Å². The van der Waals surface area contributed by atoms with Crippen LogP contribution in [0.1, 0.15) is 24.0 Å². The van der Waals surface area contributed by atoms with E-state index in [1.54, 1.807) is 30.3 Å². The van der Waals surface area contributed by atoms with Gasteiger partial charge >= 0.3 is 0 Å². The number of ketones is 1. The Balaban J connectivity index is 1.77. The molecular formula is C22H21F2N3O4. The lowest BCUT2D eigenvalue weighted by atomic mass is 10.0. The van der Waals surface area contributed by atoms with Crippen LogP contribution >= 0.6 is 0 Å². The van der Waals surface area contributed by atoms with Crippen LogP contribution in [0.3, 0.4) is 0 Å². The van der Waals surface area contributed by atoms with Gasteiger partial charge in [0.1, 0.15) is 23.7 Å². The van der Waals surface area contributed by atoms with Crippen molar-refractivity contribution in [3.63, 3.8) is 0 Å². The van der Waals surface area contributed by atoms with Crippen LogP contribution in [-0.4, -0.2) is 40.5 Å². The summed E-state index contributed by atoms with van der Waals surface area (Å²) in [5.41, 5.74) is 6.02. The predicted molar refractivity (Wildman–Crippen MR) is 106 cm³/mol. The van der Waals surface area contributed by atoms with Crippen LogP contribution in [0.25, 0.3) is 0 Å². The second-order valence-corrected chi connectivity index (χ2v) is 7.33. The van der Waals surface area contributed by atoms with Gasteiger partial charge in [-0.25, -0.2) is 8.78 Å². The Hall–Kier alpha value is -3.62. The molecule has 0 radical (unpaired) electrons. The zero-order chi connectivity index (χ0) is 22.5. The number of nitrogens with two attached hydrogens (primary N) is 1. The molecule has 0 aromatic heterocycles. The lowest BCUT2D eigenvalue weighted by Crippen LogP contribution is -2.53. The highest BCUT2D eigenvalue weighted by molar-refractivity contribution is 6.37. The van der Waals surface area contributed by atoms with E-state index >= 15 is 0 Å². The van der Waals surface area contributed by atoms with E-state index < -0.39 is 41.3 Å². The van der Waals surface area contributed by atoms with E-state index in [1.165, 1.54) is 4.90 Å². The lowest BCUT2D eigenvalue weighted by molar-refractivity contribution is -0.140. The number of hydrogen-bond donors (Lipinski definition) is 2. The molecule has 162 valence electrons. The van der Waals surface area contributed by atoms with Crippen LogP contribution in [0.5, 0.6) is 0 Å². The van der Waals surface area contributed by atoms with E-state index in [2.05, 4.69) is 5.32 Å². The van der Waals surface area contributed by atoms with Gasteiger partial charge in [0.05, 0.1) is 0 Å². The highest BCUT2D eigenvalue weighted by Crippen LogP contribution is 2.23. The molecular weight excluding hydrogens is 408 g/mol. The number of nitrogens with one attached hydrogen (secondary N) is 1. The molecule has 3 amide bonds. The summed E-state index contributed by atoms with van der Waals surface area (Å²) in [5, 5.41) is 2.52. The van der Waals surface area contributed by atoms with Crippen LogP contribution in [0, 0.1) is 11.6 Å². The molecule has 1 aliphatic rings. The number of amides is 3. The van der Waals surface area contributed by atoms with Crippen LogP contribution in [0.4, 0.5) is 8.78 Å². The van der Waals surface area contributed by atoms with Crippen molar-refractivity contribution in [3.8, 4) is 0 Å². The van der Waals surface area contributed by atoms with Crippen molar-refractivity contribution in [2.45, 2.75) is 37.9 Å². The van der Waals surface area contributed by atoms with Crippen LogP contribution < -0.4 is 11.1 Å². The fourth-order valence-corrected chi connectivity index (χ4v) is 3.60. The molecule has 1 saturated heterocycles. The summed E-state index contributed by atoms with van der Waals surface area (Å²) in [6.45, 7) is -0.168. The minimum Gasteiger partial charge on any atom is -0.363 e. The van der Waals surface area contributed by atoms with E-state index in [9.17, 15) is 28.0 Å². The predicted octanol–water partition coefficient (Wildman–Crippen LogP) is 1.24. The summed E-state index contributed by atoms with van der Waals surface area (Å²) in [4.78, 5) is 50.1. The summed E-state index contributed by atoms with van der Waals surface area (Å²) in [6, 6.07) is 9.48. The third-order valence-electron chi connectivity index (χ3n) is 5.06. The lowest BCUT2D eigenvalue weighted by Gasteiger charge is -2.26. The quantitative estimate of drug-likeness (QED) is 0.615. The number of likely N-dealkylation sites (tertiary alicyclic amines) is 1. The minimum absolute atomic E-state index is 0.0458. The zero-order valence-electron chi connectivity index (χ0n) is 16.5. The average Bonchev–Trinajstić information content (AvgIpc) is 3.07. The van der Waals surface area contributed by atoms with Crippen molar-refractivity contribution in [2.75, 3.05) is 0 Å². The van der Waals surface area contributed by atoms with Gasteiger partial charge in [0.15, 0.2) is 0 Å². The fourth-order valence-electron chi connectivity index (χ4n) is 3.60. The molecule has 9 heteroatoms. The van der Waals surface area contributed by atoms with Crippen molar-refractivity contribution in [2.24, 2.45) is 5.73 Å². The molecule has 0 bridgehead atoms. The first-order valence-corrected chi connectivity index (χ1v) is 9.67. The van der Waals surface area contributed by atoms with Gasteiger partial charge in [-0.15, -0.1) is 0 Å². The van der Waals surface area contributed by atoms with Crippen molar-refractivity contribution in [1.29, 1.82) is 0 Å². The Morgan fingerprint density at radius 3 is 2.32 bits per heavy atom. The van der Waals surface area contributed by atoms with E-state index in [4.69, 9.17) is 5.73 Å². The van der Waals surface area contributed by atoms with E-state index in [1.807, 2.05) is 0 Å². The second-order valence-electron chi connectivity index (χ2n) is 7.33. The van der Waals surface area contributed by atoms with Crippen LogP contribution in [-0.2, 0) is 32.1 Å². The molecule has 0 aliphatic carbocycles. The standard InChI is InChI=1S/C22H21F2N3O4/c23-15-8-14(9-16(24)11-15)12-27-18(6-7-19(27)28)22(31)26-17(20(29)21(25)30)10-13-4-2-1-3-5-13/h1-5,8-9,11,17-18H,6-7,10,12H2,(H2,25,30)(H,26,31)/t17-,18?/m1/s1. The summed E-state index contributed by atoms with van der Waals surface area (Å²) >= 11 is 0. The summed E-state index contributed by atoms with van der Waals surface area (Å²) in [7, 11) is 0. The molecule has 1 heterocycles. The normalized spacial score (nSPS) is 16.8. The van der Waals surface area contributed by atoms with Crippen molar-refractivity contribution in [3.05, 3.63) is 71.3 Å². The summed E-state index contributed by atoms with van der Waals surface area (Å²) in [5.74, 6) is -4.73. The molecule has 2 aromatic rings. The monoisotopic (exact) mass is 429 g/mol. The molecule has 3 rings (SSSR count). The molecule has 2 aromatic carbocycles. The number of primary amides is 1. The maximum Gasteiger partial charge on any atom is 0.287 e. The Morgan fingerprint density at radius 1 is 1.06 bits per heavy atom. The molecule has 0 spiro atoms. The number of carbonyl (C=O) groups excluding carboxylic acids is 4. The van der Waals surface area contributed by atoms with Crippen LogP contribution in [0.15, 0.2) is 48.5 Å². The van der Waals surface area contributed by atoms with E-state index in [0.717, 1.165) is 12.1 Å². The number of nitrogens with zero attached hydrogens (tertiary/aromatic N) is 1. The number of benzene rings is 2. The smallest absolute Gasteiger partial charge is 0.287 e. The number of carbonyl (C=O) groups is 4.